The zero-order chi connectivity index (χ0) is 10.6. The van der Waals surface area contributed by atoms with Crippen molar-refractivity contribution >= 4 is 0 Å². The van der Waals surface area contributed by atoms with Crippen LogP contribution in [0.5, 0.6) is 0 Å². The minimum Gasteiger partial charge on any atom is -0.368 e. The number of benzene rings is 1. The van der Waals surface area contributed by atoms with Gasteiger partial charge in [0.05, 0.1) is 12.2 Å². The van der Waals surface area contributed by atoms with Crippen molar-refractivity contribution in [3.63, 3.8) is 0 Å². The number of hydrogen-bond acceptors (Lipinski definition) is 1. The molecular weight excluding hydrogens is 179 g/mol. The second kappa shape index (κ2) is 4.56. The van der Waals surface area contributed by atoms with E-state index in [9.17, 15) is 4.39 Å². The molecule has 0 aromatic heterocycles. The van der Waals surface area contributed by atoms with Crippen LogP contribution in [0.2, 0.25) is 0 Å². The average molecular weight is 196 g/mol. The fourth-order valence-electron chi connectivity index (χ4n) is 1.62. The van der Waals surface area contributed by atoms with Crippen molar-refractivity contribution in [2.24, 2.45) is 0 Å². The van der Waals surface area contributed by atoms with Gasteiger partial charge >= 0.3 is 0 Å². The quantitative estimate of drug-likeness (QED) is 0.718. The van der Waals surface area contributed by atoms with Gasteiger partial charge < -0.3 is 4.74 Å². The molecule has 0 radical (unpaired) electrons. The van der Waals surface area contributed by atoms with Crippen LogP contribution < -0.4 is 0 Å². The zero-order valence-corrected chi connectivity index (χ0v) is 9.01. The Bertz CT molecular complexity index is 294. The van der Waals surface area contributed by atoms with Crippen LogP contribution in [0, 0.1) is 6.92 Å². The fourth-order valence-corrected chi connectivity index (χ4v) is 1.62. The van der Waals surface area contributed by atoms with E-state index in [1.807, 2.05) is 45.0 Å². The Hall–Kier alpha value is -0.890. The number of hydrogen-bond donors (Lipinski definition) is 0. The molecule has 0 aliphatic carbocycles. The maximum absolute atomic E-state index is 12.0. The number of ether oxygens (including phenoxy) is 1. The highest BCUT2D eigenvalue weighted by atomic mass is 19.1. The van der Waals surface area contributed by atoms with Crippen LogP contribution in [0.25, 0.3) is 0 Å². The van der Waals surface area contributed by atoms with Crippen LogP contribution in [0.1, 0.15) is 25.0 Å². The molecule has 2 heteroatoms. The summed E-state index contributed by atoms with van der Waals surface area (Å²) in [5.41, 5.74) is 1.89. The molecular formula is C12H17FO. The predicted octanol–water partition coefficient (Wildman–Crippen LogP) is 3.22. The number of alkyl halides is 1. The molecule has 78 valence electrons. The molecule has 0 N–H and O–H groups in total. The molecule has 0 heterocycles. The van der Waals surface area contributed by atoms with Crippen LogP contribution in [0.3, 0.4) is 0 Å². The largest absolute Gasteiger partial charge is 0.368 e. The number of rotatable bonds is 4. The summed E-state index contributed by atoms with van der Waals surface area (Å²) in [5, 5.41) is 0. The maximum atomic E-state index is 12.0. The van der Waals surface area contributed by atoms with Gasteiger partial charge in [0.15, 0.2) is 0 Å². The van der Waals surface area contributed by atoms with Crippen molar-refractivity contribution in [1.82, 2.24) is 0 Å². The van der Waals surface area contributed by atoms with Gasteiger partial charge in [0.1, 0.15) is 6.67 Å². The Labute approximate surface area is 84.9 Å². The Morgan fingerprint density at radius 3 is 2.50 bits per heavy atom. The van der Waals surface area contributed by atoms with E-state index in [0.29, 0.717) is 0 Å². The first-order chi connectivity index (χ1) is 6.58. The molecule has 14 heavy (non-hydrogen) atoms. The molecule has 0 atom stereocenters. The van der Waals surface area contributed by atoms with E-state index in [1.165, 1.54) is 5.56 Å². The van der Waals surface area contributed by atoms with Crippen LogP contribution in [0.4, 0.5) is 4.39 Å². The van der Waals surface area contributed by atoms with Gasteiger partial charge in [-0.25, -0.2) is 4.39 Å². The van der Waals surface area contributed by atoms with E-state index >= 15 is 0 Å². The van der Waals surface area contributed by atoms with Crippen molar-refractivity contribution < 1.29 is 9.13 Å². The van der Waals surface area contributed by atoms with Gasteiger partial charge in [-0.15, -0.1) is 0 Å². The van der Waals surface area contributed by atoms with Gasteiger partial charge in [-0.3, -0.25) is 0 Å². The van der Waals surface area contributed by atoms with Crippen molar-refractivity contribution in [3.8, 4) is 0 Å². The summed E-state index contributed by atoms with van der Waals surface area (Å²) in [4.78, 5) is 0. The van der Waals surface area contributed by atoms with E-state index in [4.69, 9.17) is 4.74 Å². The third-order valence-corrected chi connectivity index (χ3v) is 2.33. The summed E-state index contributed by atoms with van der Waals surface area (Å²) in [6.07, 6.45) is 0. The molecule has 0 saturated heterocycles. The predicted molar refractivity (Wildman–Crippen MR) is 56.1 cm³/mol. The smallest absolute Gasteiger partial charge is 0.113 e. The molecule has 1 nitrogen and oxygen atoms in total. The van der Waals surface area contributed by atoms with Crippen molar-refractivity contribution in [2.75, 3.05) is 13.3 Å². The lowest BCUT2D eigenvalue weighted by Crippen LogP contribution is -2.23. The SMILES string of the molecule is Cc1ccccc1C(C)(C)OCCF. The first-order valence-electron chi connectivity index (χ1n) is 4.84. The van der Waals surface area contributed by atoms with E-state index in [1.54, 1.807) is 0 Å². The maximum Gasteiger partial charge on any atom is 0.113 e. The lowest BCUT2D eigenvalue weighted by Gasteiger charge is -2.27. The first-order valence-corrected chi connectivity index (χ1v) is 4.84. The van der Waals surface area contributed by atoms with Crippen molar-refractivity contribution in [1.29, 1.82) is 0 Å². The number of halogens is 1. The van der Waals surface area contributed by atoms with Gasteiger partial charge in [-0.1, -0.05) is 24.3 Å². The summed E-state index contributed by atoms with van der Waals surface area (Å²) in [7, 11) is 0. The highest BCUT2D eigenvalue weighted by molar-refractivity contribution is 5.30. The van der Waals surface area contributed by atoms with Gasteiger partial charge in [0.2, 0.25) is 0 Å². The molecule has 0 aliphatic rings. The monoisotopic (exact) mass is 196 g/mol. The van der Waals surface area contributed by atoms with Crippen LogP contribution >= 0.6 is 0 Å². The Kier molecular flexibility index (Phi) is 3.64. The molecule has 0 spiro atoms. The lowest BCUT2D eigenvalue weighted by molar-refractivity contribution is -0.0276. The summed E-state index contributed by atoms with van der Waals surface area (Å²) >= 11 is 0. The molecule has 0 unspecified atom stereocenters. The Morgan fingerprint density at radius 2 is 1.93 bits per heavy atom. The molecule has 0 amide bonds. The minimum absolute atomic E-state index is 0.154. The van der Waals surface area contributed by atoms with Crippen LogP contribution in [-0.2, 0) is 10.3 Å². The van der Waals surface area contributed by atoms with Gasteiger partial charge in [0.25, 0.3) is 0 Å². The summed E-state index contributed by atoms with van der Waals surface area (Å²) < 4.78 is 17.5. The second-order valence-corrected chi connectivity index (χ2v) is 3.86. The topological polar surface area (TPSA) is 9.23 Å². The Balaban J connectivity index is 2.86. The van der Waals surface area contributed by atoms with Gasteiger partial charge in [0, 0.05) is 0 Å². The van der Waals surface area contributed by atoms with E-state index in [2.05, 4.69) is 0 Å². The normalized spacial score (nSPS) is 11.7. The second-order valence-electron chi connectivity index (χ2n) is 3.86. The highest BCUT2D eigenvalue weighted by Crippen LogP contribution is 2.27. The minimum atomic E-state index is -0.435. The molecule has 1 aromatic rings. The molecule has 1 rings (SSSR count). The Morgan fingerprint density at radius 1 is 1.29 bits per heavy atom. The third-order valence-electron chi connectivity index (χ3n) is 2.33. The average Bonchev–Trinajstić information content (AvgIpc) is 2.15. The fraction of sp³-hybridized carbons (Fsp3) is 0.500. The first kappa shape index (κ1) is 11.2. The molecule has 1 aromatic carbocycles. The molecule has 0 aliphatic heterocycles. The molecule has 0 fully saturated rings. The highest BCUT2D eigenvalue weighted by Gasteiger charge is 2.22. The van der Waals surface area contributed by atoms with Crippen molar-refractivity contribution in [2.45, 2.75) is 26.4 Å². The third kappa shape index (κ3) is 2.55. The number of aryl methyl sites for hydroxylation is 1. The standard InChI is InChI=1S/C12H17FO/c1-10-6-4-5-7-11(10)12(2,3)14-9-8-13/h4-7H,8-9H2,1-3H3. The van der Waals surface area contributed by atoms with E-state index in [-0.39, 0.29) is 6.61 Å². The van der Waals surface area contributed by atoms with Crippen LogP contribution in [0.15, 0.2) is 24.3 Å². The lowest BCUT2D eigenvalue weighted by atomic mass is 9.94. The summed E-state index contributed by atoms with van der Waals surface area (Å²) in [5.74, 6) is 0. The van der Waals surface area contributed by atoms with E-state index in [0.717, 1.165) is 5.56 Å². The van der Waals surface area contributed by atoms with Gasteiger partial charge in [-0.2, -0.15) is 0 Å². The summed E-state index contributed by atoms with van der Waals surface area (Å²) in [6, 6.07) is 8.02. The molecule has 0 saturated carbocycles. The van der Waals surface area contributed by atoms with E-state index < -0.39 is 12.3 Å². The zero-order valence-electron chi connectivity index (χ0n) is 9.01. The summed E-state index contributed by atoms with van der Waals surface area (Å²) in [6.45, 7) is 5.68. The van der Waals surface area contributed by atoms with Gasteiger partial charge in [-0.05, 0) is 31.9 Å². The molecule has 0 bridgehead atoms. The van der Waals surface area contributed by atoms with Crippen LogP contribution in [-0.4, -0.2) is 13.3 Å². The van der Waals surface area contributed by atoms with Crippen molar-refractivity contribution in [3.05, 3.63) is 35.4 Å².